The van der Waals surface area contributed by atoms with Crippen LogP contribution in [0.3, 0.4) is 0 Å². The highest BCUT2D eigenvalue weighted by Gasteiger charge is 2.48. The number of hydrogen-bond donors (Lipinski definition) is 3. The van der Waals surface area contributed by atoms with Gasteiger partial charge in [0.05, 0.1) is 5.66 Å². The predicted octanol–water partition coefficient (Wildman–Crippen LogP) is 1.39. The minimum atomic E-state index is -0.421. The van der Waals surface area contributed by atoms with E-state index in [9.17, 15) is 0 Å². The summed E-state index contributed by atoms with van der Waals surface area (Å²) in [5.74, 6) is 0. The van der Waals surface area contributed by atoms with Crippen molar-refractivity contribution in [3.63, 3.8) is 0 Å². The van der Waals surface area contributed by atoms with Gasteiger partial charge in [-0.25, -0.2) is 0 Å². The van der Waals surface area contributed by atoms with Gasteiger partial charge in [0.2, 0.25) is 0 Å². The van der Waals surface area contributed by atoms with Crippen LogP contribution in [0.2, 0.25) is 0 Å². The van der Waals surface area contributed by atoms with Crippen molar-refractivity contribution in [2.24, 2.45) is 11.5 Å². The number of para-hydroxylation sites is 1. The fourth-order valence-electron chi connectivity index (χ4n) is 2.45. The van der Waals surface area contributed by atoms with E-state index >= 15 is 0 Å². The molecule has 2 rings (SSSR count). The van der Waals surface area contributed by atoms with E-state index in [1.165, 1.54) is 5.56 Å². The number of fused-ring (bicyclic) bond motifs is 1. The van der Waals surface area contributed by atoms with E-state index in [0.29, 0.717) is 6.54 Å². The minimum absolute atomic E-state index is 0.0850. The summed E-state index contributed by atoms with van der Waals surface area (Å²) in [7, 11) is 0. The first kappa shape index (κ1) is 10.5. The highest BCUT2D eigenvalue weighted by Crippen LogP contribution is 2.46. The fraction of sp³-hybridized carbons (Fsp3) is 0.500. The summed E-state index contributed by atoms with van der Waals surface area (Å²) in [6, 6.07) is 8.28. The van der Waals surface area contributed by atoms with Gasteiger partial charge in [0.1, 0.15) is 0 Å². The second-order valence-electron chi connectivity index (χ2n) is 4.74. The van der Waals surface area contributed by atoms with Gasteiger partial charge in [-0.2, -0.15) is 0 Å². The van der Waals surface area contributed by atoms with Gasteiger partial charge in [0.25, 0.3) is 0 Å². The smallest absolute Gasteiger partial charge is 0.0925 e. The molecule has 2 unspecified atom stereocenters. The minimum Gasteiger partial charge on any atom is -0.367 e. The van der Waals surface area contributed by atoms with Crippen molar-refractivity contribution in [1.29, 1.82) is 0 Å². The molecule has 3 heteroatoms. The molecule has 0 bridgehead atoms. The zero-order valence-corrected chi connectivity index (χ0v) is 9.38. The van der Waals surface area contributed by atoms with E-state index in [2.05, 4.69) is 30.4 Å². The topological polar surface area (TPSA) is 64.1 Å². The molecule has 0 amide bonds. The van der Waals surface area contributed by atoms with Gasteiger partial charge >= 0.3 is 0 Å². The number of benzene rings is 1. The number of rotatable bonds is 2. The van der Waals surface area contributed by atoms with Crippen molar-refractivity contribution >= 4 is 5.69 Å². The molecule has 3 nitrogen and oxygen atoms in total. The maximum Gasteiger partial charge on any atom is 0.0925 e. The zero-order chi connectivity index (χ0) is 11.1. The van der Waals surface area contributed by atoms with Gasteiger partial charge in [-0.1, -0.05) is 25.1 Å². The zero-order valence-electron chi connectivity index (χ0n) is 9.38. The maximum atomic E-state index is 6.33. The standard InChI is InChI=1S/C12H19N3/c1-11(7-8-13)9-5-3-4-6-10(9)15-12(11,2)14/h3-6,15H,7-8,13-14H2,1-2H3. The monoisotopic (exact) mass is 205 g/mol. The van der Waals surface area contributed by atoms with Crippen molar-refractivity contribution in [2.75, 3.05) is 11.9 Å². The highest BCUT2D eigenvalue weighted by molar-refractivity contribution is 5.63. The Balaban J connectivity index is 2.52. The van der Waals surface area contributed by atoms with Gasteiger partial charge in [-0.05, 0) is 31.5 Å². The van der Waals surface area contributed by atoms with Crippen LogP contribution in [0, 0.1) is 0 Å². The molecule has 0 spiro atoms. The average Bonchev–Trinajstić information content (AvgIpc) is 2.36. The SMILES string of the molecule is CC1(N)Nc2ccccc2C1(C)CCN. The summed E-state index contributed by atoms with van der Waals surface area (Å²) in [5.41, 5.74) is 13.9. The van der Waals surface area contributed by atoms with Crippen molar-refractivity contribution in [3.8, 4) is 0 Å². The largest absolute Gasteiger partial charge is 0.367 e. The number of hydrogen-bond acceptors (Lipinski definition) is 3. The van der Waals surface area contributed by atoms with Crippen LogP contribution in [0.4, 0.5) is 5.69 Å². The van der Waals surface area contributed by atoms with Crippen LogP contribution in [0.25, 0.3) is 0 Å². The molecule has 15 heavy (non-hydrogen) atoms. The van der Waals surface area contributed by atoms with Gasteiger partial charge in [0.15, 0.2) is 0 Å². The molecule has 1 aromatic rings. The van der Waals surface area contributed by atoms with Crippen LogP contribution < -0.4 is 16.8 Å². The Bertz CT molecular complexity index is 373. The van der Waals surface area contributed by atoms with Crippen molar-refractivity contribution in [3.05, 3.63) is 29.8 Å². The molecule has 82 valence electrons. The summed E-state index contributed by atoms with van der Waals surface area (Å²) in [4.78, 5) is 0. The molecule has 5 N–H and O–H groups in total. The Kier molecular flexibility index (Phi) is 2.24. The molecular weight excluding hydrogens is 186 g/mol. The van der Waals surface area contributed by atoms with Crippen molar-refractivity contribution in [1.82, 2.24) is 0 Å². The van der Waals surface area contributed by atoms with Crippen LogP contribution >= 0.6 is 0 Å². The molecule has 0 aromatic heterocycles. The summed E-state index contributed by atoms with van der Waals surface area (Å²) in [6.45, 7) is 4.86. The summed E-state index contributed by atoms with van der Waals surface area (Å²) in [5, 5.41) is 3.37. The van der Waals surface area contributed by atoms with E-state index in [1.54, 1.807) is 0 Å². The van der Waals surface area contributed by atoms with Gasteiger partial charge < -0.3 is 16.8 Å². The molecule has 0 saturated carbocycles. The normalized spacial score (nSPS) is 33.6. The first-order valence-electron chi connectivity index (χ1n) is 5.38. The van der Waals surface area contributed by atoms with E-state index in [1.807, 2.05) is 13.0 Å². The van der Waals surface area contributed by atoms with Gasteiger partial charge in [-0.3, -0.25) is 0 Å². The van der Waals surface area contributed by atoms with Crippen molar-refractivity contribution in [2.45, 2.75) is 31.3 Å². The molecule has 0 radical (unpaired) electrons. The summed E-state index contributed by atoms with van der Waals surface area (Å²) in [6.07, 6.45) is 0.893. The van der Waals surface area contributed by atoms with E-state index in [-0.39, 0.29) is 5.41 Å². The Morgan fingerprint density at radius 1 is 1.27 bits per heavy atom. The first-order valence-corrected chi connectivity index (χ1v) is 5.38. The Hall–Kier alpha value is -1.06. The number of anilines is 1. The third-order valence-corrected chi connectivity index (χ3v) is 3.71. The van der Waals surface area contributed by atoms with E-state index in [0.717, 1.165) is 12.1 Å². The van der Waals surface area contributed by atoms with Crippen LogP contribution in [0.15, 0.2) is 24.3 Å². The maximum absolute atomic E-state index is 6.33. The molecule has 1 aliphatic heterocycles. The number of nitrogens with two attached hydrogens (primary N) is 2. The molecule has 1 heterocycles. The lowest BCUT2D eigenvalue weighted by Crippen LogP contribution is -2.56. The van der Waals surface area contributed by atoms with E-state index < -0.39 is 5.66 Å². The average molecular weight is 205 g/mol. The van der Waals surface area contributed by atoms with Gasteiger partial charge in [0, 0.05) is 11.1 Å². The summed E-state index contributed by atoms with van der Waals surface area (Å²) >= 11 is 0. The lowest BCUT2D eigenvalue weighted by molar-refractivity contribution is 0.295. The number of nitrogens with one attached hydrogen (secondary N) is 1. The second kappa shape index (κ2) is 3.22. The van der Waals surface area contributed by atoms with Gasteiger partial charge in [-0.15, -0.1) is 0 Å². The van der Waals surface area contributed by atoms with Crippen LogP contribution in [-0.4, -0.2) is 12.2 Å². The fourth-order valence-corrected chi connectivity index (χ4v) is 2.45. The first-order chi connectivity index (χ1) is 7.01. The third kappa shape index (κ3) is 1.34. The lowest BCUT2D eigenvalue weighted by Gasteiger charge is -2.38. The molecule has 0 saturated heterocycles. The second-order valence-corrected chi connectivity index (χ2v) is 4.74. The van der Waals surface area contributed by atoms with Crippen LogP contribution in [0.5, 0.6) is 0 Å². The quantitative estimate of drug-likeness (QED) is 0.683. The highest BCUT2D eigenvalue weighted by atomic mass is 15.2. The predicted molar refractivity (Wildman–Crippen MR) is 63.7 cm³/mol. The third-order valence-electron chi connectivity index (χ3n) is 3.71. The summed E-state index contributed by atoms with van der Waals surface area (Å²) < 4.78 is 0. The lowest BCUT2D eigenvalue weighted by atomic mass is 9.73. The van der Waals surface area contributed by atoms with Crippen molar-refractivity contribution < 1.29 is 0 Å². The molecule has 1 aromatic carbocycles. The molecule has 0 fully saturated rings. The Morgan fingerprint density at radius 2 is 1.93 bits per heavy atom. The Labute approximate surface area is 90.8 Å². The molecule has 0 aliphatic carbocycles. The van der Waals surface area contributed by atoms with Crippen LogP contribution in [-0.2, 0) is 5.41 Å². The molecular formula is C12H19N3. The van der Waals surface area contributed by atoms with E-state index in [4.69, 9.17) is 11.5 Å². The van der Waals surface area contributed by atoms with Crippen LogP contribution in [0.1, 0.15) is 25.8 Å². The molecule has 1 aliphatic rings. The Morgan fingerprint density at radius 3 is 2.60 bits per heavy atom. The molecule has 2 atom stereocenters.